The minimum Gasteiger partial charge on any atom is -0.449 e. The zero-order valence-corrected chi connectivity index (χ0v) is 12.1. The van der Waals surface area contributed by atoms with Gasteiger partial charge in [0.2, 0.25) is 0 Å². The average molecular weight is 303 g/mol. The molecule has 0 aromatic heterocycles. The molecule has 7 heteroatoms. The number of esters is 1. The Kier molecular flexibility index (Phi) is 4.77. The van der Waals surface area contributed by atoms with Crippen LogP contribution in [-0.2, 0) is 9.53 Å². The highest BCUT2D eigenvalue weighted by molar-refractivity contribution is 5.98. The van der Waals surface area contributed by atoms with Gasteiger partial charge in [0.05, 0.1) is 5.56 Å². The molecule has 1 aliphatic rings. The molecule has 0 saturated heterocycles. The van der Waals surface area contributed by atoms with E-state index in [4.69, 9.17) is 10.5 Å². The minimum atomic E-state index is -1.11. The molecule has 1 aromatic rings. The molecule has 0 saturated carbocycles. The highest BCUT2D eigenvalue weighted by Gasteiger charge is 2.20. The summed E-state index contributed by atoms with van der Waals surface area (Å²) in [5.41, 5.74) is 6.16. The second kappa shape index (κ2) is 6.75. The molecule has 2 rings (SSSR count). The Morgan fingerprint density at radius 3 is 2.32 bits per heavy atom. The SMILES string of the molecule is CC(OC(=O)c1ccc(N2CC=CC2)cc1)C(=O)NC(N)=O. The highest BCUT2D eigenvalue weighted by Crippen LogP contribution is 2.18. The third-order valence-electron chi connectivity index (χ3n) is 3.19. The molecule has 1 unspecified atom stereocenters. The van der Waals surface area contributed by atoms with Gasteiger partial charge in [0.15, 0.2) is 6.10 Å². The fraction of sp³-hybridized carbons (Fsp3) is 0.267. The molecule has 0 fully saturated rings. The predicted octanol–water partition coefficient (Wildman–Crippen LogP) is 0.803. The van der Waals surface area contributed by atoms with Gasteiger partial charge in [0.25, 0.3) is 5.91 Å². The van der Waals surface area contributed by atoms with Gasteiger partial charge in [-0.05, 0) is 31.2 Å². The van der Waals surface area contributed by atoms with Crippen molar-refractivity contribution in [1.82, 2.24) is 5.32 Å². The number of nitrogens with zero attached hydrogens (tertiary/aromatic N) is 1. The molecule has 0 bridgehead atoms. The Labute approximate surface area is 127 Å². The van der Waals surface area contributed by atoms with Crippen molar-refractivity contribution < 1.29 is 19.1 Å². The first-order valence-corrected chi connectivity index (χ1v) is 6.78. The first kappa shape index (κ1) is 15.6. The van der Waals surface area contributed by atoms with Crippen LogP contribution in [0.3, 0.4) is 0 Å². The molecule has 1 atom stereocenters. The van der Waals surface area contributed by atoms with Crippen LogP contribution in [0.4, 0.5) is 10.5 Å². The number of nitrogens with two attached hydrogens (primary N) is 1. The molecule has 1 aromatic carbocycles. The first-order chi connectivity index (χ1) is 10.5. The van der Waals surface area contributed by atoms with Crippen LogP contribution in [0.15, 0.2) is 36.4 Å². The number of rotatable bonds is 4. The van der Waals surface area contributed by atoms with Crippen LogP contribution in [0.5, 0.6) is 0 Å². The maximum absolute atomic E-state index is 11.9. The second-order valence-corrected chi connectivity index (χ2v) is 4.82. The fourth-order valence-electron chi connectivity index (χ4n) is 2.00. The summed E-state index contributed by atoms with van der Waals surface area (Å²) in [6, 6.07) is 5.91. The Morgan fingerprint density at radius 1 is 1.18 bits per heavy atom. The van der Waals surface area contributed by atoms with Crippen LogP contribution < -0.4 is 16.0 Å². The number of ether oxygens (including phenoxy) is 1. The van der Waals surface area contributed by atoms with Crippen molar-refractivity contribution in [2.24, 2.45) is 5.73 Å². The van der Waals surface area contributed by atoms with Crippen LogP contribution in [0, 0.1) is 0 Å². The van der Waals surface area contributed by atoms with E-state index in [1.54, 1.807) is 12.1 Å². The number of carbonyl (C=O) groups is 3. The van der Waals surface area contributed by atoms with Crippen LogP contribution in [0.1, 0.15) is 17.3 Å². The summed E-state index contributed by atoms with van der Waals surface area (Å²) < 4.78 is 4.98. The van der Waals surface area contributed by atoms with Gasteiger partial charge in [-0.25, -0.2) is 9.59 Å². The number of hydrogen-bond acceptors (Lipinski definition) is 5. The molecule has 1 aliphatic heterocycles. The zero-order valence-electron chi connectivity index (χ0n) is 12.1. The van der Waals surface area contributed by atoms with Gasteiger partial charge in [0.1, 0.15) is 0 Å². The number of hydrogen-bond donors (Lipinski definition) is 2. The molecule has 3 N–H and O–H groups in total. The van der Waals surface area contributed by atoms with Gasteiger partial charge in [-0.3, -0.25) is 10.1 Å². The molecule has 1 heterocycles. The van der Waals surface area contributed by atoms with Gasteiger partial charge in [-0.1, -0.05) is 12.2 Å². The average Bonchev–Trinajstić information content (AvgIpc) is 3.00. The Hall–Kier alpha value is -2.83. The van der Waals surface area contributed by atoms with Crippen LogP contribution in [0.25, 0.3) is 0 Å². The predicted molar refractivity (Wildman–Crippen MR) is 80.4 cm³/mol. The number of primary amides is 1. The smallest absolute Gasteiger partial charge is 0.338 e. The maximum atomic E-state index is 11.9. The number of imide groups is 1. The molecule has 0 spiro atoms. The summed E-state index contributed by atoms with van der Waals surface area (Å²) in [7, 11) is 0. The lowest BCUT2D eigenvalue weighted by molar-refractivity contribution is -0.127. The molecule has 7 nitrogen and oxygen atoms in total. The van der Waals surface area contributed by atoms with Crippen molar-refractivity contribution in [3.05, 3.63) is 42.0 Å². The van der Waals surface area contributed by atoms with Gasteiger partial charge in [0, 0.05) is 18.8 Å². The van der Waals surface area contributed by atoms with Gasteiger partial charge in [-0.2, -0.15) is 0 Å². The van der Waals surface area contributed by atoms with Crippen molar-refractivity contribution >= 4 is 23.6 Å². The zero-order chi connectivity index (χ0) is 16.1. The van der Waals surface area contributed by atoms with Gasteiger partial charge in [-0.15, -0.1) is 0 Å². The normalized spacial score (nSPS) is 14.5. The summed E-state index contributed by atoms with van der Waals surface area (Å²) in [6.45, 7) is 3.04. The number of benzene rings is 1. The largest absolute Gasteiger partial charge is 0.449 e. The number of amides is 3. The van der Waals surface area contributed by atoms with Crippen molar-refractivity contribution in [3.63, 3.8) is 0 Å². The molecule has 22 heavy (non-hydrogen) atoms. The second-order valence-electron chi connectivity index (χ2n) is 4.82. The Balaban J connectivity index is 1.94. The van der Waals surface area contributed by atoms with E-state index in [1.807, 2.05) is 17.4 Å². The van der Waals surface area contributed by atoms with Crippen molar-refractivity contribution in [1.29, 1.82) is 0 Å². The van der Waals surface area contributed by atoms with E-state index in [9.17, 15) is 14.4 Å². The molecule has 116 valence electrons. The Bertz CT molecular complexity index is 602. The van der Waals surface area contributed by atoms with E-state index >= 15 is 0 Å². The van der Waals surface area contributed by atoms with E-state index in [2.05, 4.69) is 17.1 Å². The fourth-order valence-corrected chi connectivity index (χ4v) is 2.00. The monoisotopic (exact) mass is 303 g/mol. The van der Waals surface area contributed by atoms with Crippen molar-refractivity contribution in [3.8, 4) is 0 Å². The van der Waals surface area contributed by atoms with E-state index < -0.39 is 24.0 Å². The molecular weight excluding hydrogens is 286 g/mol. The van der Waals surface area contributed by atoms with Crippen LogP contribution >= 0.6 is 0 Å². The number of anilines is 1. The van der Waals surface area contributed by atoms with Crippen LogP contribution in [-0.4, -0.2) is 37.1 Å². The summed E-state index contributed by atoms with van der Waals surface area (Å²) >= 11 is 0. The lowest BCUT2D eigenvalue weighted by Crippen LogP contribution is -2.42. The minimum absolute atomic E-state index is 0.328. The van der Waals surface area contributed by atoms with Gasteiger partial charge < -0.3 is 15.4 Å². The third-order valence-corrected chi connectivity index (χ3v) is 3.19. The topological polar surface area (TPSA) is 102 Å². The summed E-state index contributed by atoms with van der Waals surface area (Å²) in [4.78, 5) is 36.1. The molecule has 0 aliphatic carbocycles. The summed E-state index contributed by atoms with van der Waals surface area (Å²) in [6.07, 6.45) is 3.03. The summed E-state index contributed by atoms with van der Waals surface area (Å²) in [5, 5.41) is 1.85. The first-order valence-electron chi connectivity index (χ1n) is 6.78. The Morgan fingerprint density at radius 2 is 1.77 bits per heavy atom. The van der Waals surface area contributed by atoms with Crippen molar-refractivity contribution in [2.75, 3.05) is 18.0 Å². The lowest BCUT2D eigenvalue weighted by Gasteiger charge is -2.18. The molecule has 3 amide bonds. The standard InChI is InChI=1S/C15H17N3O4/c1-10(13(19)17-15(16)21)22-14(20)11-4-6-12(7-5-11)18-8-2-3-9-18/h2-7,10H,8-9H2,1H3,(H3,16,17,19,21). The number of urea groups is 1. The lowest BCUT2D eigenvalue weighted by atomic mass is 10.2. The van der Waals surface area contributed by atoms with Crippen molar-refractivity contribution in [2.45, 2.75) is 13.0 Å². The molecule has 0 radical (unpaired) electrons. The quantitative estimate of drug-likeness (QED) is 0.633. The third kappa shape index (κ3) is 3.85. The van der Waals surface area contributed by atoms with E-state index in [0.717, 1.165) is 18.8 Å². The van der Waals surface area contributed by atoms with E-state index in [-0.39, 0.29) is 0 Å². The van der Waals surface area contributed by atoms with Gasteiger partial charge >= 0.3 is 12.0 Å². The maximum Gasteiger partial charge on any atom is 0.338 e. The highest BCUT2D eigenvalue weighted by atomic mass is 16.5. The summed E-state index contributed by atoms with van der Waals surface area (Å²) in [5.74, 6) is -1.40. The van der Waals surface area contributed by atoms with E-state index in [0.29, 0.717) is 5.56 Å². The molecular formula is C15H17N3O4. The number of carbonyl (C=O) groups excluding carboxylic acids is 3. The number of nitrogens with one attached hydrogen (secondary N) is 1. The van der Waals surface area contributed by atoms with E-state index in [1.165, 1.54) is 6.92 Å². The van der Waals surface area contributed by atoms with Crippen LogP contribution in [0.2, 0.25) is 0 Å².